The highest BCUT2D eigenvalue weighted by Crippen LogP contribution is 2.27. The van der Waals surface area contributed by atoms with Crippen molar-refractivity contribution >= 4 is 5.91 Å². The van der Waals surface area contributed by atoms with Gasteiger partial charge in [-0.1, -0.05) is 18.2 Å². The van der Waals surface area contributed by atoms with Crippen LogP contribution in [0.2, 0.25) is 0 Å². The summed E-state index contributed by atoms with van der Waals surface area (Å²) in [5.41, 5.74) is 1.34. The Hall–Kier alpha value is -3.88. The Balaban J connectivity index is 1.65. The lowest BCUT2D eigenvalue weighted by Gasteiger charge is -2.07. The Labute approximate surface area is 153 Å². The van der Waals surface area contributed by atoms with Crippen LogP contribution in [0.4, 0.5) is 0 Å². The average Bonchev–Trinajstić information content (AvgIpc) is 3.42. The molecule has 3 N–H and O–H groups in total. The third-order valence-electron chi connectivity index (χ3n) is 4.05. The Kier molecular flexibility index (Phi) is 4.17. The molecule has 0 bridgehead atoms. The molecular weight excluding hydrogens is 348 g/mol. The van der Waals surface area contributed by atoms with E-state index in [2.05, 4.69) is 25.5 Å². The van der Waals surface area contributed by atoms with Crippen molar-refractivity contribution in [1.29, 1.82) is 0 Å². The van der Waals surface area contributed by atoms with E-state index in [0.717, 1.165) is 17.0 Å². The van der Waals surface area contributed by atoms with E-state index in [4.69, 9.17) is 4.42 Å². The Morgan fingerprint density at radius 2 is 2.11 bits per heavy atom. The molecule has 4 rings (SSSR count). The monoisotopic (exact) mass is 364 g/mol. The minimum atomic E-state index is -0.349. The summed E-state index contributed by atoms with van der Waals surface area (Å²) >= 11 is 0. The molecule has 0 aliphatic rings. The third kappa shape index (κ3) is 3.30. The molecule has 136 valence electrons. The lowest BCUT2D eigenvalue weighted by atomic mass is 10.1. The van der Waals surface area contributed by atoms with Gasteiger partial charge < -0.3 is 14.3 Å². The number of rotatable bonds is 5. The molecule has 9 nitrogen and oxygen atoms in total. The maximum Gasteiger partial charge on any atom is 0.340 e. The molecule has 3 heterocycles. The second kappa shape index (κ2) is 6.79. The van der Waals surface area contributed by atoms with Crippen LogP contribution in [0.1, 0.15) is 16.4 Å². The molecule has 0 spiro atoms. The number of hydrogen-bond acceptors (Lipinski definition) is 5. The second-order valence-electron chi connectivity index (χ2n) is 5.83. The molecule has 0 fully saturated rings. The zero-order valence-electron chi connectivity index (χ0n) is 14.4. The number of H-pyrrole nitrogens is 2. The third-order valence-corrected chi connectivity index (χ3v) is 4.05. The molecule has 0 radical (unpaired) electrons. The molecule has 0 saturated carbocycles. The van der Waals surface area contributed by atoms with E-state index in [0.29, 0.717) is 18.1 Å². The Morgan fingerprint density at radius 3 is 2.89 bits per heavy atom. The minimum absolute atomic E-state index is 0.252. The van der Waals surface area contributed by atoms with E-state index in [9.17, 15) is 9.59 Å². The number of furan rings is 1. The molecule has 0 aliphatic carbocycles. The number of amides is 1. The van der Waals surface area contributed by atoms with Crippen molar-refractivity contribution < 1.29 is 9.21 Å². The topological polar surface area (TPSA) is 122 Å². The SMILES string of the molecule is CNC(=O)c1ccc(-c2cccc(-c3nccn3Cc3n[nH]c(=O)[nH]3)c2)o1. The summed E-state index contributed by atoms with van der Waals surface area (Å²) in [5.74, 6) is 1.79. The fraction of sp³-hybridized carbons (Fsp3) is 0.111. The largest absolute Gasteiger partial charge is 0.451 e. The van der Waals surface area contributed by atoms with Gasteiger partial charge in [0.25, 0.3) is 5.91 Å². The van der Waals surface area contributed by atoms with E-state index in [1.165, 1.54) is 0 Å². The summed E-state index contributed by atoms with van der Waals surface area (Å²) in [5, 5.41) is 8.80. The first kappa shape index (κ1) is 16.6. The van der Waals surface area contributed by atoms with Crippen molar-refractivity contribution in [3.8, 4) is 22.7 Å². The van der Waals surface area contributed by atoms with Crippen LogP contribution in [0.5, 0.6) is 0 Å². The number of hydrogen-bond donors (Lipinski definition) is 3. The maximum atomic E-state index is 11.7. The van der Waals surface area contributed by atoms with Gasteiger partial charge in [0, 0.05) is 30.6 Å². The van der Waals surface area contributed by atoms with Crippen LogP contribution in [0, 0.1) is 0 Å². The number of aromatic nitrogens is 5. The van der Waals surface area contributed by atoms with Crippen LogP contribution < -0.4 is 11.0 Å². The van der Waals surface area contributed by atoms with Crippen LogP contribution in [-0.2, 0) is 6.54 Å². The van der Waals surface area contributed by atoms with Crippen LogP contribution in [0.25, 0.3) is 22.7 Å². The lowest BCUT2D eigenvalue weighted by Crippen LogP contribution is -2.16. The molecule has 3 aromatic heterocycles. The van der Waals surface area contributed by atoms with Crippen molar-refractivity contribution in [3.05, 3.63) is 70.9 Å². The molecular formula is C18H16N6O3. The maximum absolute atomic E-state index is 11.7. The molecule has 0 unspecified atom stereocenters. The van der Waals surface area contributed by atoms with Crippen molar-refractivity contribution in [2.75, 3.05) is 7.05 Å². The molecule has 1 amide bonds. The van der Waals surface area contributed by atoms with Crippen LogP contribution in [0.15, 0.2) is 58.0 Å². The zero-order valence-corrected chi connectivity index (χ0v) is 14.4. The van der Waals surface area contributed by atoms with Gasteiger partial charge in [0.2, 0.25) is 0 Å². The zero-order chi connectivity index (χ0) is 18.8. The van der Waals surface area contributed by atoms with Crippen molar-refractivity contribution in [1.82, 2.24) is 30.0 Å². The molecule has 0 saturated heterocycles. The summed E-state index contributed by atoms with van der Waals surface area (Å²) in [6.07, 6.45) is 3.49. The van der Waals surface area contributed by atoms with Gasteiger partial charge in [-0.05, 0) is 18.2 Å². The number of aromatic amines is 2. The van der Waals surface area contributed by atoms with Gasteiger partial charge in [0.15, 0.2) is 11.6 Å². The number of carbonyl (C=O) groups is 1. The van der Waals surface area contributed by atoms with E-state index in [-0.39, 0.29) is 17.4 Å². The summed E-state index contributed by atoms with van der Waals surface area (Å²) in [4.78, 5) is 29.9. The standard InChI is InChI=1S/C18H16N6O3/c1-19-17(25)14-6-5-13(27-14)11-3-2-4-12(9-11)16-20-7-8-24(16)10-15-21-18(26)23-22-15/h2-9H,10H2,1H3,(H,19,25)(H2,21,22,23,26). The van der Waals surface area contributed by atoms with Gasteiger partial charge in [-0.25, -0.2) is 14.9 Å². The van der Waals surface area contributed by atoms with Gasteiger partial charge in [0.05, 0.1) is 6.54 Å². The predicted molar refractivity (Wildman–Crippen MR) is 97.1 cm³/mol. The van der Waals surface area contributed by atoms with E-state index >= 15 is 0 Å². The second-order valence-corrected chi connectivity index (χ2v) is 5.83. The first-order chi connectivity index (χ1) is 13.1. The van der Waals surface area contributed by atoms with Gasteiger partial charge in [-0.15, -0.1) is 0 Å². The number of carbonyl (C=O) groups excluding carboxylic acids is 1. The van der Waals surface area contributed by atoms with E-state index < -0.39 is 0 Å². The van der Waals surface area contributed by atoms with Crippen molar-refractivity contribution in [2.45, 2.75) is 6.54 Å². The van der Waals surface area contributed by atoms with E-state index in [1.807, 2.05) is 35.0 Å². The number of imidazole rings is 1. The lowest BCUT2D eigenvalue weighted by molar-refractivity contribution is 0.0936. The summed E-state index contributed by atoms with van der Waals surface area (Å²) in [6, 6.07) is 11.0. The van der Waals surface area contributed by atoms with Crippen LogP contribution in [0.3, 0.4) is 0 Å². The van der Waals surface area contributed by atoms with Gasteiger partial charge in [-0.3, -0.25) is 9.78 Å². The summed E-state index contributed by atoms with van der Waals surface area (Å²) in [7, 11) is 1.55. The Bertz CT molecular complexity index is 1150. The summed E-state index contributed by atoms with van der Waals surface area (Å²) < 4.78 is 7.51. The van der Waals surface area contributed by atoms with Crippen molar-refractivity contribution in [2.24, 2.45) is 0 Å². The van der Waals surface area contributed by atoms with Crippen LogP contribution >= 0.6 is 0 Å². The molecule has 1 aromatic carbocycles. The van der Waals surface area contributed by atoms with Crippen LogP contribution in [-0.4, -0.2) is 37.7 Å². The fourth-order valence-corrected chi connectivity index (χ4v) is 2.79. The van der Waals surface area contributed by atoms with Gasteiger partial charge >= 0.3 is 5.69 Å². The predicted octanol–water partition coefficient (Wildman–Crippen LogP) is 1.63. The number of benzene rings is 1. The quantitative estimate of drug-likeness (QED) is 0.497. The smallest absolute Gasteiger partial charge is 0.340 e. The first-order valence-electron chi connectivity index (χ1n) is 8.21. The highest BCUT2D eigenvalue weighted by Gasteiger charge is 2.13. The molecule has 9 heteroatoms. The Morgan fingerprint density at radius 1 is 1.26 bits per heavy atom. The highest BCUT2D eigenvalue weighted by molar-refractivity contribution is 5.91. The van der Waals surface area contributed by atoms with Gasteiger partial charge in [-0.2, -0.15) is 5.10 Å². The normalized spacial score (nSPS) is 10.9. The molecule has 4 aromatic rings. The molecule has 27 heavy (non-hydrogen) atoms. The average molecular weight is 364 g/mol. The number of nitrogens with one attached hydrogen (secondary N) is 3. The first-order valence-corrected chi connectivity index (χ1v) is 8.21. The molecule has 0 atom stereocenters. The van der Waals surface area contributed by atoms with Crippen molar-refractivity contribution in [3.63, 3.8) is 0 Å². The minimum Gasteiger partial charge on any atom is -0.451 e. The van der Waals surface area contributed by atoms with E-state index in [1.54, 1.807) is 25.4 Å². The fourth-order valence-electron chi connectivity index (χ4n) is 2.79. The highest BCUT2D eigenvalue weighted by atomic mass is 16.3. The summed E-state index contributed by atoms with van der Waals surface area (Å²) in [6.45, 7) is 0.375. The number of nitrogens with zero attached hydrogens (tertiary/aromatic N) is 3. The van der Waals surface area contributed by atoms with Gasteiger partial charge in [0.1, 0.15) is 11.6 Å². The molecule has 0 aliphatic heterocycles.